The van der Waals surface area contributed by atoms with Gasteiger partial charge in [-0.25, -0.2) is 4.79 Å². The summed E-state index contributed by atoms with van der Waals surface area (Å²) in [6.45, 7) is 6.67. The molecule has 4 nitrogen and oxygen atoms in total. The van der Waals surface area contributed by atoms with Gasteiger partial charge >= 0.3 is 6.03 Å². The van der Waals surface area contributed by atoms with Gasteiger partial charge in [0.1, 0.15) is 0 Å². The Morgan fingerprint density at radius 1 is 1.24 bits per heavy atom. The second-order valence-corrected chi connectivity index (χ2v) is 5.84. The maximum absolute atomic E-state index is 12.5. The van der Waals surface area contributed by atoms with E-state index in [0.717, 1.165) is 11.4 Å². The van der Waals surface area contributed by atoms with Crippen molar-refractivity contribution in [3.8, 4) is 5.69 Å². The number of hydrogen-bond acceptors (Lipinski definition) is 1. The normalized spacial score (nSPS) is 17.1. The van der Waals surface area contributed by atoms with Crippen LogP contribution in [0, 0.1) is 0 Å². The van der Waals surface area contributed by atoms with Crippen LogP contribution < -0.4 is 5.32 Å². The van der Waals surface area contributed by atoms with E-state index in [1.807, 2.05) is 36.9 Å². The molecule has 1 aliphatic heterocycles. The average molecular weight is 283 g/mol. The van der Waals surface area contributed by atoms with Gasteiger partial charge in [-0.3, -0.25) is 0 Å². The zero-order chi connectivity index (χ0) is 15.0. The molecule has 21 heavy (non-hydrogen) atoms. The number of hydrogen-bond donors (Lipinski definition) is 1. The van der Waals surface area contributed by atoms with E-state index in [1.54, 1.807) is 0 Å². The van der Waals surface area contributed by atoms with E-state index in [2.05, 4.69) is 41.2 Å². The minimum Gasteiger partial charge on any atom is -0.336 e. The van der Waals surface area contributed by atoms with Crippen molar-refractivity contribution in [2.75, 3.05) is 0 Å². The first-order chi connectivity index (χ1) is 10.1. The van der Waals surface area contributed by atoms with Gasteiger partial charge in [0.15, 0.2) is 0 Å². The lowest BCUT2D eigenvalue weighted by Crippen LogP contribution is -2.43. The summed E-state index contributed by atoms with van der Waals surface area (Å²) in [5.74, 6) is 0. The highest BCUT2D eigenvalue weighted by molar-refractivity contribution is 5.75. The number of carbonyl (C=O) groups is 1. The van der Waals surface area contributed by atoms with Gasteiger partial charge in [0.05, 0.1) is 18.3 Å². The van der Waals surface area contributed by atoms with Crippen LogP contribution in [-0.4, -0.2) is 21.5 Å². The average Bonchev–Trinajstić information content (AvgIpc) is 2.88. The fourth-order valence-electron chi connectivity index (χ4n) is 2.89. The number of carbonyl (C=O) groups excluding carboxylic acids is 1. The molecule has 0 radical (unpaired) electrons. The Morgan fingerprint density at radius 3 is 2.76 bits per heavy atom. The first-order valence-corrected chi connectivity index (χ1v) is 7.40. The van der Waals surface area contributed by atoms with Gasteiger partial charge in [-0.1, -0.05) is 18.2 Å². The van der Waals surface area contributed by atoms with Crippen LogP contribution in [0.5, 0.6) is 0 Å². The van der Waals surface area contributed by atoms with Gasteiger partial charge in [0, 0.05) is 17.9 Å². The summed E-state index contributed by atoms with van der Waals surface area (Å²) in [4.78, 5) is 14.4. The van der Waals surface area contributed by atoms with Crippen molar-refractivity contribution in [1.82, 2.24) is 14.8 Å². The van der Waals surface area contributed by atoms with Crippen LogP contribution in [0.1, 0.15) is 38.1 Å². The van der Waals surface area contributed by atoms with E-state index in [0.29, 0.717) is 6.54 Å². The molecule has 0 saturated carbocycles. The predicted molar refractivity (Wildman–Crippen MR) is 83.4 cm³/mol. The lowest BCUT2D eigenvalue weighted by atomic mass is 10.1. The number of fused-ring (bicyclic) bond motifs is 3. The van der Waals surface area contributed by atoms with Gasteiger partial charge in [-0.15, -0.1) is 0 Å². The summed E-state index contributed by atoms with van der Waals surface area (Å²) in [5, 5.41) is 3.00. The highest BCUT2D eigenvalue weighted by Gasteiger charge is 2.28. The molecular weight excluding hydrogens is 262 g/mol. The topological polar surface area (TPSA) is 37.3 Å². The van der Waals surface area contributed by atoms with E-state index < -0.39 is 0 Å². The first kappa shape index (κ1) is 13.7. The summed E-state index contributed by atoms with van der Waals surface area (Å²) in [6.07, 6.45) is 2.06. The quantitative estimate of drug-likeness (QED) is 0.855. The molecule has 2 amide bonds. The molecule has 1 unspecified atom stereocenters. The van der Waals surface area contributed by atoms with Gasteiger partial charge < -0.3 is 14.8 Å². The molecule has 0 aliphatic carbocycles. The van der Waals surface area contributed by atoms with Gasteiger partial charge in [0.25, 0.3) is 0 Å². The summed E-state index contributed by atoms with van der Waals surface area (Å²) in [6, 6.07) is 12.5. The van der Waals surface area contributed by atoms with E-state index in [1.165, 1.54) is 5.56 Å². The van der Waals surface area contributed by atoms with Crippen molar-refractivity contribution in [1.29, 1.82) is 0 Å². The van der Waals surface area contributed by atoms with Gasteiger partial charge in [-0.05, 0) is 44.5 Å². The molecule has 2 heterocycles. The SMILES string of the molecule is CC(C)NC(=O)N1Cc2ccccc2-n2cccc2C1C. The molecule has 110 valence electrons. The molecular formula is C17H21N3O. The zero-order valence-electron chi connectivity index (χ0n) is 12.7. The van der Waals surface area contributed by atoms with Crippen molar-refractivity contribution < 1.29 is 4.79 Å². The van der Waals surface area contributed by atoms with Crippen molar-refractivity contribution >= 4 is 6.03 Å². The van der Waals surface area contributed by atoms with Crippen molar-refractivity contribution in [2.24, 2.45) is 0 Å². The Kier molecular flexibility index (Phi) is 3.45. The summed E-state index contributed by atoms with van der Waals surface area (Å²) < 4.78 is 2.18. The molecule has 0 spiro atoms. The largest absolute Gasteiger partial charge is 0.336 e. The number of amides is 2. The van der Waals surface area contributed by atoms with Crippen LogP contribution in [0.25, 0.3) is 5.69 Å². The maximum atomic E-state index is 12.5. The van der Waals surface area contributed by atoms with Crippen molar-refractivity contribution in [3.63, 3.8) is 0 Å². The minimum atomic E-state index is -0.0121. The van der Waals surface area contributed by atoms with Crippen LogP contribution in [0.15, 0.2) is 42.6 Å². The third kappa shape index (κ3) is 2.42. The summed E-state index contributed by atoms with van der Waals surface area (Å²) >= 11 is 0. The molecule has 2 aromatic rings. The molecule has 0 saturated heterocycles. The Bertz CT molecular complexity index is 660. The van der Waals surface area contributed by atoms with Crippen molar-refractivity contribution in [2.45, 2.75) is 39.4 Å². The fourth-order valence-corrected chi connectivity index (χ4v) is 2.89. The molecule has 3 rings (SSSR count). The van der Waals surface area contributed by atoms with E-state index >= 15 is 0 Å². The number of benzene rings is 1. The van der Waals surface area contributed by atoms with Crippen molar-refractivity contribution in [3.05, 3.63) is 53.9 Å². The number of rotatable bonds is 1. The van der Waals surface area contributed by atoms with Crippen LogP contribution in [-0.2, 0) is 6.54 Å². The van der Waals surface area contributed by atoms with Crippen LogP contribution in [0.4, 0.5) is 4.79 Å². The highest BCUT2D eigenvalue weighted by atomic mass is 16.2. The molecule has 1 atom stereocenters. The molecule has 1 aliphatic rings. The summed E-state index contributed by atoms with van der Waals surface area (Å²) in [5.41, 5.74) is 3.46. The number of aromatic nitrogens is 1. The monoisotopic (exact) mass is 283 g/mol. The number of nitrogens with one attached hydrogen (secondary N) is 1. The smallest absolute Gasteiger partial charge is 0.318 e. The first-order valence-electron chi connectivity index (χ1n) is 7.40. The predicted octanol–water partition coefficient (Wildman–Crippen LogP) is 3.47. The standard InChI is InChI=1S/C17H21N3O/c1-12(2)18-17(21)20-11-14-7-4-5-8-16(14)19-10-6-9-15(19)13(20)3/h4-10,12-13H,11H2,1-3H3,(H,18,21). The molecule has 1 N–H and O–H groups in total. The van der Waals surface area contributed by atoms with Gasteiger partial charge in [0.2, 0.25) is 0 Å². The Morgan fingerprint density at radius 2 is 2.00 bits per heavy atom. The molecule has 0 fully saturated rings. The lowest BCUT2D eigenvalue weighted by Gasteiger charge is -2.28. The molecule has 1 aromatic heterocycles. The third-order valence-corrected chi connectivity index (χ3v) is 3.94. The molecule has 4 heteroatoms. The second kappa shape index (κ2) is 5.28. The zero-order valence-corrected chi connectivity index (χ0v) is 12.7. The maximum Gasteiger partial charge on any atom is 0.318 e. The number of nitrogens with zero attached hydrogens (tertiary/aromatic N) is 2. The van der Waals surface area contributed by atoms with E-state index in [-0.39, 0.29) is 18.1 Å². The second-order valence-electron chi connectivity index (χ2n) is 5.84. The lowest BCUT2D eigenvalue weighted by molar-refractivity contribution is 0.173. The third-order valence-electron chi connectivity index (χ3n) is 3.94. The molecule has 0 bridgehead atoms. The van der Waals surface area contributed by atoms with E-state index in [9.17, 15) is 4.79 Å². The Balaban J connectivity index is 2.06. The Hall–Kier alpha value is -2.23. The van der Waals surface area contributed by atoms with Gasteiger partial charge in [-0.2, -0.15) is 0 Å². The Labute approximate surface area is 125 Å². The molecule has 1 aromatic carbocycles. The number of urea groups is 1. The number of para-hydroxylation sites is 1. The summed E-state index contributed by atoms with van der Waals surface area (Å²) in [7, 11) is 0. The highest BCUT2D eigenvalue weighted by Crippen LogP contribution is 2.31. The minimum absolute atomic E-state index is 0.0121. The fraction of sp³-hybridized carbons (Fsp3) is 0.353. The van der Waals surface area contributed by atoms with E-state index in [4.69, 9.17) is 0 Å². The van der Waals surface area contributed by atoms with Crippen LogP contribution in [0.2, 0.25) is 0 Å². The van der Waals surface area contributed by atoms with Crippen LogP contribution in [0.3, 0.4) is 0 Å². The van der Waals surface area contributed by atoms with Crippen LogP contribution >= 0.6 is 0 Å².